The van der Waals surface area contributed by atoms with Crippen molar-refractivity contribution in [3.05, 3.63) is 29.3 Å². The van der Waals surface area contributed by atoms with Crippen molar-refractivity contribution in [1.29, 1.82) is 0 Å². The van der Waals surface area contributed by atoms with Gasteiger partial charge < -0.3 is 15.0 Å². The van der Waals surface area contributed by atoms with Gasteiger partial charge in [0.2, 0.25) is 5.91 Å². The number of benzene rings is 1. The van der Waals surface area contributed by atoms with Gasteiger partial charge in [-0.1, -0.05) is 17.7 Å². The van der Waals surface area contributed by atoms with Gasteiger partial charge >= 0.3 is 5.97 Å². The second-order valence-electron chi connectivity index (χ2n) is 5.80. The van der Waals surface area contributed by atoms with Gasteiger partial charge in [0.15, 0.2) is 0 Å². The summed E-state index contributed by atoms with van der Waals surface area (Å²) in [5, 5.41) is 3.77. The molecule has 2 heterocycles. The van der Waals surface area contributed by atoms with E-state index in [2.05, 4.69) is 5.32 Å². The van der Waals surface area contributed by atoms with E-state index in [9.17, 15) is 9.59 Å². The molecule has 2 aliphatic rings. The molecule has 0 bridgehead atoms. The molecule has 0 saturated carbocycles. The Morgan fingerprint density at radius 3 is 3.05 bits per heavy atom. The Kier molecular flexibility index (Phi) is 3.63. The number of nitrogens with one attached hydrogen (secondary N) is 1. The SMILES string of the molecule is COC(=O)C1CC2(CN1)CC(=O)N(c1cccc(Cl)c1)C2. The highest BCUT2D eigenvalue weighted by atomic mass is 35.5. The van der Waals surface area contributed by atoms with Gasteiger partial charge in [0, 0.05) is 35.6 Å². The Labute approximate surface area is 128 Å². The van der Waals surface area contributed by atoms with Crippen LogP contribution in [-0.2, 0) is 14.3 Å². The summed E-state index contributed by atoms with van der Waals surface area (Å²) in [5.74, 6) is -0.190. The van der Waals surface area contributed by atoms with E-state index in [0.717, 1.165) is 5.69 Å². The van der Waals surface area contributed by atoms with E-state index < -0.39 is 0 Å². The number of nitrogens with zero attached hydrogens (tertiary/aromatic N) is 1. The highest BCUT2D eigenvalue weighted by Gasteiger charge is 2.50. The fraction of sp³-hybridized carbons (Fsp3) is 0.467. The number of amides is 1. The van der Waals surface area contributed by atoms with E-state index in [0.29, 0.717) is 31.0 Å². The van der Waals surface area contributed by atoms with Crippen LogP contribution in [0.2, 0.25) is 5.02 Å². The Bertz CT molecular complexity index is 592. The Balaban J connectivity index is 1.78. The predicted molar refractivity (Wildman–Crippen MR) is 79.3 cm³/mol. The number of ether oxygens (including phenoxy) is 1. The van der Waals surface area contributed by atoms with Crippen molar-refractivity contribution < 1.29 is 14.3 Å². The van der Waals surface area contributed by atoms with Gasteiger partial charge in [-0.3, -0.25) is 9.59 Å². The molecule has 112 valence electrons. The third-order valence-electron chi connectivity index (χ3n) is 4.29. The Morgan fingerprint density at radius 1 is 1.52 bits per heavy atom. The van der Waals surface area contributed by atoms with Crippen molar-refractivity contribution in [3.63, 3.8) is 0 Å². The molecular weight excluding hydrogens is 292 g/mol. The number of methoxy groups -OCH3 is 1. The topological polar surface area (TPSA) is 58.6 Å². The molecule has 1 aromatic rings. The molecule has 0 aromatic heterocycles. The van der Waals surface area contributed by atoms with Crippen LogP contribution in [0.1, 0.15) is 12.8 Å². The minimum absolute atomic E-state index is 0.0737. The summed E-state index contributed by atoms with van der Waals surface area (Å²) in [7, 11) is 1.38. The maximum absolute atomic E-state index is 12.3. The number of carbonyl (C=O) groups is 2. The van der Waals surface area contributed by atoms with E-state index >= 15 is 0 Å². The third kappa shape index (κ3) is 2.63. The van der Waals surface area contributed by atoms with Crippen LogP contribution >= 0.6 is 11.6 Å². The van der Waals surface area contributed by atoms with Gasteiger partial charge in [-0.2, -0.15) is 0 Å². The molecule has 2 saturated heterocycles. The standard InChI is InChI=1S/C15H17ClN2O3/c1-21-14(20)12-6-15(8-17-12)7-13(19)18(9-15)11-4-2-3-10(16)5-11/h2-5,12,17H,6-9H2,1H3. The molecule has 6 heteroatoms. The van der Waals surface area contributed by atoms with Crippen LogP contribution in [0, 0.1) is 5.41 Å². The van der Waals surface area contributed by atoms with E-state index in [4.69, 9.17) is 16.3 Å². The van der Waals surface area contributed by atoms with E-state index in [1.165, 1.54) is 7.11 Å². The summed E-state index contributed by atoms with van der Waals surface area (Å²) in [4.78, 5) is 25.7. The van der Waals surface area contributed by atoms with Gasteiger partial charge in [0.25, 0.3) is 0 Å². The lowest BCUT2D eigenvalue weighted by molar-refractivity contribution is -0.142. The summed E-state index contributed by atoms with van der Waals surface area (Å²) in [6, 6.07) is 6.97. The highest BCUT2D eigenvalue weighted by molar-refractivity contribution is 6.30. The first kappa shape index (κ1) is 14.4. The van der Waals surface area contributed by atoms with Crippen molar-refractivity contribution >= 4 is 29.2 Å². The second kappa shape index (κ2) is 5.31. The highest BCUT2D eigenvalue weighted by Crippen LogP contribution is 2.41. The van der Waals surface area contributed by atoms with E-state index in [1.807, 2.05) is 12.1 Å². The van der Waals surface area contributed by atoms with Gasteiger partial charge in [-0.25, -0.2) is 0 Å². The zero-order valence-electron chi connectivity index (χ0n) is 11.8. The summed E-state index contributed by atoms with van der Waals surface area (Å²) in [6.07, 6.45) is 1.07. The fourth-order valence-electron chi connectivity index (χ4n) is 3.26. The molecule has 1 amide bonds. The lowest BCUT2D eigenvalue weighted by Crippen LogP contribution is -2.31. The number of hydrogen-bond donors (Lipinski definition) is 1. The third-order valence-corrected chi connectivity index (χ3v) is 4.52. The minimum Gasteiger partial charge on any atom is -0.468 e. The number of anilines is 1. The number of halogens is 1. The van der Waals surface area contributed by atoms with Crippen LogP contribution in [0.3, 0.4) is 0 Å². The Hall–Kier alpha value is -1.59. The van der Waals surface area contributed by atoms with Crippen LogP contribution in [0.15, 0.2) is 24.3 Å². The second-order valence-corrected chi connectivity index (χ2v) is 6.23. The predicted octanol–water partition coefficient (Wildman–Crippen LogP) is 1.60. The first-order valence-corrected chi connectivity index (χ1v) is 7.28. The lowest BCUT2D eigenvalue weighted by atomic mass is 9.84. The Morgan fingerprint density at radius 2 is 2.33 bits per heavy atom. The lowest BCUT2D eigenvalue weighted by Gasteiger charge is -2.22. The van der Waals surface area contributed by atoms with E-state index in [1.54, 1.807) is 17.0 Å². The largest absolute Gasteiger partial charge is 0.468 e. The van der Waals surface area contributed by atoms with Crippen molar-refractivity contribution in [3.8, 4) is 0 Å². The zero-order valence-corrected chi connectivity index (χ0v) is 12.5. The number of hydrogen-bond acceptors (Lipinski definition) is 4. The first-order chi connectivity index (χ1) is 10.0. The first-order valence-electron chi connectivity index (χ1n) is 6.90. The van der Waals surface area contributed by atoms with Crippen LogP contribution < -0.4 is 10.2 Å². The smallest absolute Gasteiger partial charge is 0.322 e. The molecule has 0 aliphatic carbocycles. The number of rotatable bonds is 2. The molecule has 1 N–H and O–H groups in total. The van der Waals surface area contributed by atoms with Gasteiger partial charge in [-0.05, 0) is 24.6 Å². The van der Waals surface area contributed by atoms with Crippen LogP contribution in [-0.4, -0.2) is 38.1 Å². The van der Waals surface area contributed by atoms with Gasteiger partial charge in [0.1, 0.15) is 6.04 Å². The summed E-state index contributed by atoms with van der Waals surface area (Å²) < 4.78 is 4.77. The molecule has 5 nitrogen and oxygen atoms in total. The summed E-state index contributed by atoms with van der Waals surface area (Å²) in [6.45, 7) is 1.25. The average molecular weight is 309 g/mol. The summed E-state index contributed by atoms with van der Waals surface area (Å²) in [5.41, 5.74) is 0.615. The molecule has 2 unspecified atom stereocenters. The van der Waals surface area contributed by atoms with Gasteiger partial charge in [0.05, 0.1) is 7.11 Å². The van der Waals surface area contributed by atoms with Crippen molar-refractivity contribution in [2.75, 3.05) is 25.1 Å². The van der Waals surface area contributed by atoms with Crippen LogP contribution in [0.5, 0.6) is 0 Å². The molecule has 1 spiro atoms. The van der Waals surface area contributed by atoms with Crippen molar-refractivity contribution in [2.24, 2.45) is 5.41 Å². The van der Waals surface area contributed by atoms with E-state index in [-0.39, 0.29) is 23.3 Å². The molecule has 1 aromatic carbocycles. The van der Waals surface area contributed by atoms with Crippen molar-refractivity contribution in [1.82, 2.24) is 5.32 Å². The molecule has 2 fully saturated rings. The van der Waals surface area contributed by atoms with Crippen molar-refractivity contribution in [2.45, 2.75) is 18.9 Å². The van der Waals surface area contributed by atoms with Crippen LogP contribution in [0.25, 0.3) is 0 Å². The van der Waals surface area contributed by atoms with Gasteiger partial charge in [-0.15, -0.1) is 0 Å². The maximum atomic E-state index is 12.3. The number of carbonyl (C=O) groups excluding carboxylic acids is 2. The zero-order chi connectivity index (χ0) is 15.0. The number of esters is 1. The molecule has 0 radical (unpaired) electrons. The molecule has 2 aliphatic heterocycles. The monoisotopic (exact) mass is 308 g/mol. The molecule has 2 atom stereocenters. The molecular formula is C15H17ClN2O3. The molecule has 3 rings (SSSR count). The summed E-state index contributed by atoms with van der Waals surface area (Å²) >= 11 is 5.99. The quantitative estimate of drug-likeness (QED) is 0.843. The fourth-order valence-corrected chi connectivity index (χ4v) is 3.44. The minimum atomic E-state index is -0.317. The van der Waals surface area contributed by atoms with Crippen LogP contribution in [0.4, 0.5) is 5.69 Å². The maximum Gasteiger partial charge on any atom is 0.322 e. The average Bonchev–Trinajstić information content (AvgIpc) is 3.02. The molecule has 21 heavy (non-hydrogen) atoms. The normalized spacial score (nSPS) is 28.4.